The quantitative estimate of drug-likeness (QED) is 0.0675. The lowest BCUT2D eigenvalue weighted by Crippen LogP contribution is -2.45. The highest BCUT2D eigenvalue weighted by atomic mass is 19.4. The molecule has 0 aliphatic rings. The fourth-order valence-corrected chi connectivity index (χ4v) is 5.03. The molecule has 2 heterocycles. The van der Waals surface area contributed by atoms with Crippen LogP contribution in [0.25, 0.3) is 11.1 Å². The fourth-order valence-electron chi connectivity index (χ4n) is 5.03. The van der Waals surface area contributed by atoms with Crippen molar-refractivity contribution >= 4 is 24.3 Å². The number of hydrogen-bond donors (Lipinski definition) is 3. The Hall–Kier alpha value is -4.70. The number of nitrogens with one attached hydrogen (secondary N) is 2. The average molecular weight is 688 g/mol. The summed E-state index contributed by atoms with van der Waals surface area (Å²) in [5.41, 5.74) is 3.86. The molecule has 0 aliphatic heterocycles. The maximum atomic E-state index is 14.4. The zero-order valence-electron chi connectivity index (χ0n) is 27.2. The standard InChI is InChI=1S/C33H35BF6N6O3/c1-5-32(3,4)49-34(48-6-2)25-17-46(45-30(25)33(38,39)40)18-28(47)44-27(14-19-12-21(35)16-22(36)13-19)29-23(8-7-11-43-29)20-9-10-26(37)24(15-20)31(41)42/h7-13,15-17,27H,5-6,14,18H2,1-4H3,(H3,41,42)(H,44,47)/t27-/m0/s1. The molecule has 2 aromatic carbocycles. The third-order valence-corrected chi connectivity index (χ3v) is 7.65. The molecule has 0 aliphatic carbocycles. The SMILES string of the molecule is CCOB(OC(C)(C)CC)c1cn(CC(=O)N[C@@H](Cc2cc(F)cc(F)c2)c2ncccc2-c2ccc(F)c(C(=N)N)c2)nc1C(F)(F)F. The van der Waals surface area contributed by atoms with Crippen molar-refractivity contribution in [3.8, 4) is 11.1 Å². The summed E-state index contributed by atoms with van der Waals surface area (Å²) in [5.74, 6) is -3.82. The lowest BCUT2D eigenvalue weighted by Gasteiger charge is -2.28. The van der Waals surface area contributed by atoms with Crippen LogP contribution in [0.5, 0.6) is 0 Å². The number of carbonyl (C=O) groups excluding carboxylic acids is 1. The fraction of sp³-hybridized carbons (Fsp3) is 0.333. The molecule has 0 bridgehead atoms. The van der Waals surface area contributed by atoms with E-state index in [-0.39, 0.29) is 29.8 Å². The Morgan fingerprint density at radius 1 is 1.08 bits per heavy atom. The molecule has 1 amide bonds. The first-order valence-electron chi connectivity index (χ1n) is 15.3. The van der Waals surface area contributed by atoms with Crippen molar-refractivity contribution in [2.45, 2.75) is 64.9 Å². The number of amidine groups is 1. The number of pyridine rings is 1. The summed E-state index contributed by atoms with van der Waals surface area (Å²) in [7, 11) is -1.43. The van der Waals surface area contributed by atoms with E-state index in [2.05, 4.69) is 15.4 Å². The van der Waals surface area contributed by atoms with Crippen molar-refractivity contribution in [3.63, 3.8) is 0 Å². The summed E-state index contributed by atoms with van der Waals surface area (Å²) in [4.78, 5) is 17.9. The first kappa shape index (κ1) is 37.1. The van der Waals surface area contributed by atoms with Crippen LogP contribution >= 0.6 is 0 Å². The summed E-state index contributed by atoms with van der Waals surface area (Å²) >= 11 is 0. The number of rotatable bonds is 14. The second-order valence-electron chi connectivity index (χ2n) is 11.8. The first-order valence-corrected chi connectivity index (χ1v) is 15.3. The molecule has 0 radical (unpaired) electrons. The minimum absolute atomic E-state index is 0.0319. The molecule has 0 fully saturated rings. The van der Waals surface area contributed by atoms with Crippen LogP contribution in [0.1, 0.15) is 62.7 Å². The largest absolute Gasteiger partial charge is 0.498 e. The van der Waals surface area contributed by atoms with Gasteiger partial charge in [0.2, 0.25) is 5.91 Å². The number of benzene rings is 2. The van der Waals surface area contributed by atoms with Crippen molar-refractivity contribution in [1.82, 2.24) is 20.1 Å². The number of hydrogen-bond acceptors (Lipinski definition) is 6. The van der Waals surface area contributed by atoms with Crippen LogP contribution in [0.2, 0.25) is 0 Å². The minimum Gasteiger partial charge on any atom is -0.407 e. The van der Waals surface area contributed by atoms with Gasteiger partial charge in [-0.3, -0.25) is 19.9 Å². The number of amides is 1. The predicted octanol–water partition coefficient (Wildman–Crippen LogP) is 5.70. The Morgan fingerprint density at radius 3 is 2.39 bits per heavy atom. The maximum Gasteiger partial charge on any atom is 0.498 e. The van der Waals surface area contributed by atoms with E-state index in [4.69, 9.17) is 20.5 Å². The summed E-state index contributed by atoms with van der Waals surface area (Å²) in [6.07, 6.45) is -2.21. The number of halogens is 6. The van der Waals surface area contributed by atoms with E-state index in [0.29, 0.717) is 23.6 Å². The topological polar surface area (TPSA) is 128 Å². The lowest BCUT2D eigenvalue weighted by molar-refractivity contribution is -0.141. The first-order chi connectivity index (χ1) is 23.0. The number of aromatic nitrogens is 3. The molecule has 0 unspecified atom stereocenters. The summed E-state index contributed by atoms with van der Waals surface area (Å²) in [5, 5.41) is 14.1. The lowest BCUT2D eigenvalue weighted by atomic mass is 9.77. The monoisotopic (exact) mass is 688 g/mol. The van der Waals surface area contributed by atoms with E-state index < -0.39 is 71.8 Å². The van der Waals surface area contributed by atoms with Crippen LogP contribution in [-0.2, 0) is 33.2 Å². The third-order valence-electron chi connectivity index (χ3n) is 7.65. The van der Waals surface area contributed by atoms with E-state index in [0.717, 1.165) is 29.1 Å². The van der Waals surface area contributed by atoms with Gasteiger partial charge in [-0.05, 0) is 75.1 Å². The van der Waals surface area contributed by atoms with Gasteiger partial charge in [0.1, 0.15) is 29.8 Å². The van der Waals surface area contributed by atoms with Crippen LogP contribution in [0.3, 0.4) is 0 Å². The van der Waals surface area contributed by atoms with E-state index in [9.17, 15) is 31.1 Å². The van der Waals surface area contributed by atoms with Crippen molar-refractivity contribution < 1.29 is 40.4 Å². The second kappa shape index (κ2) is 15.2. The van der Waals surface area contributed by atoms with Gasteiger partial charge in [-0.2, -0.15) is 18.3 Å². The predicted molar refractivity (Wildman–Crippen MR) is 171 cm³/mol. The molecule has 0 saturated heterocycles. The molecular weight excluding hydrogens is 653 g/mol. The normalized spacial score (nSPS) is 12.5. The van der Waals surface area contributed by atoms with Gasteiger partial charge < -0.3 is 20.4 Å². The zero-order chi connectivity index (χ0) is 36.1. The van der Waals surface area contributed by atoms with Crippen molar-refractivity contribution in [2.24, 2.45) is 5.73 Å². The van der Waals surface area contributed by atoms with Gasteiger partial charge in [-0.25, -0.2) is 13.2 Å². The van der Waals surface area contributed by atoms with Crippen LogP contribution in [-0.4, -0.2) is 45.8 Å². The van der Waals surface area contributed by atoms with Gasteiger partial charge in [0.05, 0.1) is 17.3 Å². The second-order valence-corrected chi connectivity index (χ2v) is 11.8. The molecular formula is C33H35BF6N6O3. The van der Waals surface area contributed by atoms with Crippen LogP contribution in [0.4, 0.5) is 26.3 Å². The van der Waals surface area contributed by atoms with E-state index in [1.165, 1.54) is 18.3 Å². The van der Waals surface area contributed by atoms with Gasteiger partial charge in [-0.1, -0.05) is 19.1 Å². The summed E-state index contributed by atoms with van der Waals surface area (Å²) in [6, 6.07) is 8.71. The Kier molecular flexibility index (Phi) is 11.6. The summed E-state index contributed by atoms with van der Waals surface area (Å²) < 4.78 is 97.4. The maximum absolute atomic E-state index is 14.4. The van der Waals surface area contributed by atoms with E-state index >= 15 is 0 Å². The number of carbonyl (C=O) groups is 1. The molecule has 49 heavy (non-hydrogen) atoms. The summed E-state index contributed by atoms with van der Waals surface area (Å²) in [6.45, 7) is 6.15. The average Bonchev–Trinajstić information content (AvgIpc) is 3.44. The highest BCUT2D eigenvalue weighted by Gasteiger charge is 2.43. The Balaban J connectivity index is 1.73. The zero-order valence-corrected chi connectivity index (χ0v) is 27.2. The molecule has 16 heteroatoms. The van der Waals surface area contributed by atoms with Gasteiger partial charge in [0.25, 0.3) is 0 Å². The van der Waals surface area contributed by atoms with Gasteiger partial charge >= 0.3 is 13.3 Å². The number of nitrogens with zero attached hydrogens (tertiary/aromatic N) is 3. The molecule has 2 aromatic heterocycles. The molecule has 4 aromatic rings. The minimum atomic E-state index is -4.91. The van der Waals surface area contributed by atoms with Crippen LogP contribution < -0.4 is 16.5 Å². The van der Waals surface area contributed by atoms with Gasteiger partial charge in [0, 0.05) is 41.7 Å². The van der Waals surface area contributed by atoms with Crippen LogP contribution in [0, 0.1) is 22.9 Å². The van der Waals surface area contributed by atoms with Crippen molar-refractivity contribution in [2.75, 3.05) is 6.61 Å². The molecule has 4 rings (SSSR count). The van der Waals surface area contributed by atoms with E-state index in [1.54, 1.807) is 39.8 Å². The number of alkyl halides is 3. The molecule has 0 saturated carbocycles. The highest BCUT2D eigenvalue weighted by molar-refractivity contribution is 6.61. The molecule has 1 atom stereocenters. The number of nitrogens with two attached hydrogens (primary N) is 1. The molecule has 0 spiro atoms. The molecule has 260 valence electrons. The Bertz CT molecular complexity index is 1800. The van der Waals surface area contributed by atoms with Crippen molar-refractivity contribution in [3.05, 3.63) is 101 Å². The van der Waals surface area contributed by atoms with Gasteiger partial charge in [0.15, 0.2) is 5.69 Å². The smallest absolute Gasteiger partial charge is 0.407 e. The van der Waals surface area contributed by atoms with Crippen LogP contribution in [0.15, 0.2) is 60.9 Å². The van der Waals surface area contributed by atoms with Crippen molar-refractivity contribution in [1.29, 1.82) is 5.41 Å². The molecule has 4 N–H and O–H groups in total. The Labute approximate surface area is 279 Å². The third kappa shape index (κ3) is 9.47. The Morgan fingerprint density at radius 2 is 1.78 bits per heavy atom. The van der Waals surface area contributed by atoms with E-state index in [1.807, 2.05) is 0 Å². The number of nitrogen functional groups attached to an aromatic ring is 1. The molecule has 9 nitrogen and oxygen atoms in total. The highest BCUT2D eigenvalue weighted by Crippen LogP contribution is 2.31. The van der Waals surface area contributed by atoms with Gasteiger partial charge in [-0.15, -0.1) is 0 Å².